The smallest absolute Gasteiger partial charge is 0.332 e. The number of nitriles is 1. The summed E-state index contributed by atoms with van der Waals surface area (Å²) in [7, 11) is 1.47. The van der Waals surface area contributed by atoms with Gasteiger partial charge in [0.15, 0.2) is 6.10 Å². The number of hydrogen-bond donors (Lipinski definition) is 1. The third kappa shape index (κ3) is 3.47. The highest BCUT2D eigenvalue weighted by Crippen LogP contribution is 2.19. The molecule has 0 unspecified atom stereocenters. The molecule has 1 N–H and O–H groups in total. The Labute approximate surface area is 99.2 Å². The Kier molecular flexibility index (Phi) is 4.49. The highest BCUT2D eigenvalue weighted by Gasteiger charge is 2.11. The van der Waals surface area contributed by atoms with Crippen LogP contribution in [-0.2, 0) is 16.1 Å². The summed E-state index contributed by atoms with van der Waals surface area (Å²) >= 11 is 0. The third-order valence-electron chi connectivity index (χ3n) is 2.23. The topological polar surface area (TPSA) is 79.6 Å². The van der Waals surface area contributed by atoms with Gasteiger partial charge < -0.3 is 14.6 Å². The van der Waals surface area contributed by atoms with Gasteiger partial charge in [-0.15, -0.1) is 0 Å². The first-order valence-electron chi connectivity index (χ1n) is 5.00. The lowest BCUT2D eigenvalue weighted by atomic mass is 10.1. The average Bonchev–Trinajstić information content (AvgIpc) is 2.35. The molecule has 5 heteroatoms. The monoisotopic (exact) mass is 235 g/mol. The van der Waals surface area contributed by atoms with Gasteiger partial charge in [-0.1, -0.05) is 6.07 Å². The van der Waals surface area contributed by atoms with E-state index in [0.29, 0.717) is 11.3 Å². The minimum atomic E-state index is -1.01. The van der Waals surface area contributed by atoms with Gasteiger partial charge in [0.2, 0.25) is 0 Å². The summed E-state index contributed by atoms with van der Waals surface area (Å²) in [5.41, 5.74) is 1.19. The lowest BCUT2D eigenvalue weighted by Crippen LogP contribution is -2.19. The highest BCUT2D eigenvalue weighted by atomic mass is 16.5. The molecule has 0 aliphatic heterocycles. The van der Waals surface area contributed by atoms with Crippen molar-refractivity contribution in [2.45, 2.75) is 19.6 Å². The lowest BCUT2D eigenvalue weighted by molar-refractivity contribution is -0.149. The summed E-state index contributed by atoms with van der Waals surface area (Å²) in [6, 6.07) is 6.97. The summed E-state index contributed by atoms with van der Waals surface area (Å²) in [6.45, 7) is 1.62. The normalized spacial score (nSPS) is 11.6. The van der Waals surface area contributed by atoms with Crippen LogP contribution in [0.5, 0.6) is 5.75 Å². The summed E-state index contributed by atoms with van der Waals surface area (Å²) < 4.78 is 10.2. The van der Waals surface area contributed by atoms with E-state index in [1.165, 1.54) is 14.0 Å². The maximum Gasteiger partial charge on any atom is 0.332 e. The number of methoxy groups -OCH3 is 1. The van der Waals surface area contributed by atoms with E-state index in [4.69, 9.17) is 19.8 Å². The second-order valence-corrected chi connectivity index (χ2v) is 3.44. The zero-order chi connectivity index (χ0) is 12.8. The first-order valence-corrected chi connectivity index (χ1v) is 5.00. The van der Waals surface area contributed by atoms with E-state index in [-0.39, 0.29) is 6.61 Å². The Balaban J connectivity index is 2.74. The van der Waals surface area contributed by atoms with Gasteiger partial charge in [0.1, 0.15) is 11.8 Å². The van der Waals surface area contributed by atoms with E-state index in [9.17, 15) is 4.79 Å². The zero-order valence-electron chi connectivity index (χ0n) is 9.64. The van der Waals surface area contributed by atoms with Gasteiger partial charge in [0.25, 0.3) is 0 Å². The number of aliphatic carboxylic acids is 1. The Morgan fingerprint density at radius 1 is 1.59 bits per heavy atom. The van der Waals surface area contributed by atoms with Crippen LogP contribution in [0.2, 0.25) is 0 Å². The molecule has 0 aliphatic rings. The highest BCUT2D eigenvalue weighted by molar-refractivity contribution is 5.71. The van der Waals surface area contributed by atoms with E-state index < -0.39 is 12.1 Å². The molecule has 0 aromatic heterocycles. The van der Waals surface area contributed by atoms with E-state index in [2.05, 4.69) is 0 Å². The molecule has 0 saturated carbocycles. The van der Waals surface area contributed by atoms with Crippen LogP contribution in [0.1, 0.15) is 18.1 Å². The fourth-order valence-corrected chi connectivity index (χ4v) is 1.21. The maximum atomic E-state index is 10.6. The van der Waals surface area contributed by atoms with Crippen molar-refractivity contribution in [3.05, 3.63) is 29.3 Å². The van der Waals surface area contributed by atoms with Crippen LogP contribution < -0.4 is 4.74 Å². The van der Waals surface area contributed by atoms with Crippen molar-refractivity contribution in [1.82, 2.24) is 0 Å². The number of carboxylic acids is 1. The largest absolute Gasteiger partial charge is 0.495 e. The number of carboxylic acid groups (broad SMARTS) is 1. The van der Waals surface area contributed by atoms with Crippen LogP contribution in [0, 0.1) is 11.3 Å². The number of rotatable bonds is 5. The second-order valence-electron chi connectivity index (χ2n) is 3.44. The quantitative estimate of drug-likeness (QED) is 0.837. The SMILES string of the molecule is COc1cc(CO[C@H](C)C(=O)O)ccc1C#N. The van der Waals surface area contributed by atoms with Crippen LogP contribution in [-0.4, -0.2) is 24.3 Å². The van der Waals surface area contributed by atoms with Crippen molar-refractivity contribution in [3.8, 4) is 11.8 Å². The molecule has 0 bridgehead atoms. The molecule has 0 fully saturated rings. The Hall–Kier alpha value is -2.06. The molecule has 0 aliphatic carbocycles. The Morgan fingerprint density at radius 2 is 2.29 bits per heavy atom. The van der Waals surface area contributed by atoms with Gasteiger partial charge >= 0.3 is 5.97 Å². The average molecular weight is 235 g/mol. The Bertz CT molecular complexity index is 450. The van der Waals surface area contributed by atoms with E-state index in [1.54, 1.807) is 18.2 Å². The predicted octanol–water partition coefficient (Wildman–Crippen LogP) is 1.56. The van der Waals surface area contributed by atoms with Crippen LogP contribution in [0.25, 0.3) is 0 Å². The maximum absolute atomic E-state index is 10.6. The van der Waals surface area contributed by atoms with Gasteiger partial charge in [-0.2, -0.15) is 5.26 Å². The van der Waals surface area contributed by atoms with Crippen molar-refractivity contribution < 1.29 is 19.4 Å². The number of carbonyl (C=O) groups is 1. The number of ether oxygens (including phenoxy) is 2. The molecule has 5 nitrogen and oxygen atoms in total. The molecule has 90 valence electrons. The van der Waals surface area contributed by atoms with Crippen LogP contribution in [0.3, 0.4) is 0 Å². The first kappa shape index (κ1) is 13.0. The lowest BCUT2D eigenvalue weighted by Gasteiger charge is -2.10. The number of benzene rings is 1. The van der Waals surface area contributed by atoms with Gasteiger partial charge in [0, 0.05) is 0 Å². The molecule has 0 radical (unpaired) electrons. The fraction of sp³-hybridized carbons (Fsp3) is 0.333. The van der Waals surface area contributed by atoms with Crippen LogP contribution in [0.15, 0.2) is 18.2 Å². The zero-order valence-corrected chi connectivity index (χ0v) is 9.64. The van der Waals surface area contributed by atoms with E-state index in [0.717, 1.165) is 5.56 Å². The molecular weight excluding hydrogens is 222 g/mol. The van der Waals surface area contributed by atoms with Gasteiger partial charge in [-0.3, -0.25) is 0 Å². The van der Waals surface area contributed by atoms with Gasteiger partial charge in [-0.25, -0.2) is 4.79 Å². The molecule has 1 atom stereocenters. The molecule has 0 amide bonds. The van der Waals surface area contributed by atoms with Gasteiger partial charge in [0.05, 0.1) is 19.3 Å². The summed E-state index contributed by atoms with van der Waals surface area (Å²) in [6.07, 6.45) is -0.864. The molecule has 1 aromatic carbocycles. The fourth-order valence-electron chi connectivity index (χ4n) is 1.21. The van der Waals surface area contributed by atoms with Crippen molar-refractivity contribution >= 4 is 5.97 Å². The first-order chi connectivity index (χ1) is 8.08. The van der Waals surface area contributed by atoms with Crippen molar-refractivity contribution in [1.29, 1.82) is 5.26 Å². The van der Waals surface area contributed by atoms with Crippen LogP contribution >= 0.6 is 0 Å². The molecule has 0 saturated heterocycles. The van der Waals surface area contributed by atoms with Gasteiger partial charge in [-0.05, 0) is 24.6 Å². The van der Waals surface area contributed by atoms with E-state index in [1.807, 2.05) is 6.07 Å². The molecule has 1 rings (SSSR count). The second kappa shape index (κ2) is 5.87. The number of hydrogen-bond acceptors (Lipinski definition) is 4. The third-order valence-corrected chi connectivity index (χ3v) is 2.23. The molecule has 0 spiro atoms. The minimum absolute atomic E-state index is 0.162. The molecule has 17 heavy (non-hydrogen) atoms. The minimum Gasteiger partial charge on any atom is -0.495 e. The predicted molar refractivity (Wildman–Crippen MR) is 59.6 cm³/mol. The molecular formula is C12H13NO4. The van der Waals surface area contributed by atoms with E-state index >= 15 is 0 Å². The number of nitrogens with zero attached hydrogens (tertiary/aromatic N) is 1. The Morgan fingerprint density at radius 3 is 2.82 bits per heavy atom. The standard InChI is InChI=1S/C12H13NO4/c1-8(12(14)15)17-7-9-3-4-10(6-13)11(5-9)16-2/h3-5,8H,7H2,1-2H3,(H,14,15)/t8-/m1/s1. The summed E-state index contributed by atoms with van der Waals surface area (Å²) in [5.74, 6) is -0.554. The molecule has 1 aromatic rings. The van der Waals surface area contributed by atoms with Crippen molar-refractivity contribution in [2.75, 3.05) is 7.11 Å². The molecule has 0 heterocycles. The van der Waals surface area contributed by atoms with Crippen molar-refractivity contribution in [2.24, 2.45) is 0 Å². The summed E-state index contributed by atoms with van der Waals surface area (Å²) in [4.78, 5) is 10.6. The van der Waals surface area contributed by atoms with Crippen LogP contribution in [0.4, 0.5) is 0 Å². The van der Waals surface area contributed by atoms with Crippen molar-refractivity contribution in [3.63, 3.8) is 0 Å². The summed E-state index contributed by atoms with van der Waals surface area (Å²) in [5, 5.41) is 17.4.